The highest BCUT2D eigenvalue weighted by Crippen LogP contribution is 2.14. The van der Waals surface area contributed by atoms with Gasteiger partial charge in [0, 0.05) is 32.6 Å². The summed E-state index contributed by atoms with van der Waals surface area (Å²) >= 11 is 0. The molecule has 2 nitrogen and oxygen atoms in total. The molecule has 0 spiro atoms. The summed E-state index contributed by atoms with van der Waals surface area (Å²) in [4.78, 5) is 13.7. The molecule has 0 aliphatic carbocycles. The molecule has 0 aliphatic heterocycles. The minimum atomic E-state index is 0.403. The Morgan fingerprint density at radius 2 is 1.72 bits per heavy atom. The third-order valence-corrected chi connectivity index (χ3v) is 3.20. The lowest BCUT2D eigenvalue weighted by atomic mass is 10.0. The second-order valence-electron chi connectivity index (χ2n) is 5.06. The molecule has 0 aromatic heterocycles. The number of benzene rings is 1. The second kappa shape index (κ2) is 7.91. The van der Waals surface area contributed by atoms with Gasteiger partial charge in [0.2, 0.25) is 0 Å². The number of anilines is 1. The average molecular weight is 247 g/mol. The third-order valence-electron chi connectivity index (χ3n) is 3.20. The van der Waals surface area contributed by atoms with Crippen molar-refractivity contribution in [3.05, 3.63) is 29.8 Å². The molecular weight excluding hydrogens is 222 g/mol. The molecule has 0 fully saturated rings. The molecule has 0 heterocycles. The van der Waals surface area contributed by atoms with Crippen LogP contribution in [0.4, 0.5) is 5.69 Å². The first kappa shape index (κ1) is 14.7. The van der Waals surface area contributed by atoms with Gasteiger partial charge in [0.25, 0.3) is 0 Å². The first-order valence-electron chi connectivity index (χ1n) is 6.91. The Morgan fingerprint density at radius 3 is 2.28 bits per heavy atom. The highest BCUT2D eigenvalue weighted by Gasteiger charge is 2.03. The van der Waals surface area contributed by atoms with E-state index in [1.54, 1.807) is 0 Å². The van der Waals surface area contributed by atoms with E-state index in [0.717, 1.165) is 19.3 Å². The van der Waals surface area contributed by atoms with Crippen LogP contribution in [0.5, 0.6) is 0 Å². The van der Waals surface area contributed by atoms with Crippen LogP contribution in [-0.2, 0) is 11.2 Å². The molecule has 100 valence electrons. The number of unbranched alkanes of at least 4 members (excludes halogenated alkanes) is 2. The maximum Gasteiger partial charge on any atom is 0.133 e. The van der Waals surface area contributed by atoms with Crippen molar-refractivity contribution in [1.82, 2.24) is 0 Å². The van der Waals surface area contributed by atoms with Crippen LogP contribution in [0.15, 0.2) is 24.3 Å². The van der Waals surface area contributed by atoms with Gasteiger partial charge >= 0.3 is 0 Å². The van der Waals surface area contributed by atoms with Crippen LogP contribution in [-0.4, -0.2) is 19.9 Å². The van der Waals surface area contributed by atoms with Gasteiger partial charge in [-0.25, -0.2) is 0 Å². The van der Waals surface area contributed by atoms with Gasteiger partial charge in [-0.05, 0) is 30.5 Å². The van der Waals surface area contributed by atoms with Gasteiger partial charge < -0.3 is 4.90 Å². The fourth-order valence-corrected chi connectivity index (χ4v) is 1.94. The lowest BCUT2D eigenvalue weighted by Crippen LogP contribution is -2.08. The maximum atomic E-state index is 11.7. The lowest BCUT2D eigenvalue weighted by Gasteiger charge is -2.12. The molecular formula is C16H25NO. The number of aryl methyl sites for hydroxylation is 1. The van der Waals surface area contributed by atoms with Gasteiger partial charge in [-0.1, -0.05) is 31.9 Å². The third kappa shape index (κ3) is 5.35. The largest absolute Gasteiger partial charge is 0.378 e. The average Bonchev–Trinajstić information content (AvgIpc) is 2.37. The number of rotatable bonds is 8. The predicted molar refractivity (Wildman–Crippen MR) is 78.2 cm³/mol. The Labute approximate surface area is 111 Å². The van der Waals surface area contributed by atoms with Crippen LogP contribution in [0.25, 0.3) is 0 Å². The number of carbonyl (C=O) groups is 1. The Balaban J connectivity index is 2.32. The number of ketones is 1. The zero-order valence-electron chi connectivity index (χ0n) is 11.9. The number of hydrogen-bond donors (Lipinski definition) is 0. The summed E-state index contributed by atoms with van der Waals surface area (Å²) < 4.78 is 0. The quantitative estimate of drug-likeness (QED) is 0.651. The minimum absolute atomic E-state index is 0.403. The van der Waals surface area contributed by atoms with Crippen molar-refractivity contribution in [2.24, 2.45) is 0 Å². The van der Waals surface area contributed by atoms with Crippen molar-refractivity contribution < 1.29 is 4.79 Å². The standard InChI is InChI=1S/C16H25NO/c1-4-5-6-7-16(18)13-10-14-8-11-15(12-9-14)17(2)3/h8-9,11-12H,4-7,10,13H2,1-3H3. The molecule has 18 heavy (non-hydrogen) atoms. The monoisotopic (exact) mass is 247 g/mol. The number of nitrogens with zero attached hydrogens (tertiary/aromatic N) is 1. The summed E-state index contributed by atoms with van der Waals surface area (Å²) in [5, 5.41) is 0. The van der Waals surface area contributed by atoms with Gasteiger partial charge in [-0.15, -0.1) is 0 Å². The number of carbonyl (C=O) groups excluding carboxylic acids is 1. The maximum absolute atomic E-state index is 11.7. The van der Waals surface area contributed by atoms with E-state index in [4.69, 9.17) is 0 Å². The summed E-state index contributed by atoms with van der Waals surface area (Å²) in [6.45, 7) is 2.16. The molecule has 0 unspecified atom stereocenters. The number of hydrogen-bond acceptors (Lipinski definition) is 2. The zero-order chi connectivity index (χ0) is 13.4. The van der Waals surface area contributed by atoms with E-state index < -0.39 is 0 Å². The number of Topliss-reactive ketones (excluding diaryl/α,β-unsaturated/α-hetero) is 1. The van der Waals surface area contributed by atoms with Gasteiger partial charge in [0.15, 0.2) is 0 Å². The van der Waals surface area contributed by atoms with E-state index >= 15 is 0 Å². The molecule has 0 saturated heterocycles. The van der Waals surface area contributed by atoms with Crippen LogP contribution >= 0.6 is 0 Å². The van der Waals surface area contributed by atoms with Gasteiger partial charge in [-0.2, -0.15) is 0 Å². The van der Waals surface area contributed by atoms with E-state index in [0.29, 0.717) is 12.2 Å². The van der Waals surface area contributed by atoms with Gasteiger partial charge in [0.1, 0.15) is 5.78 Å². The summed E-state index contributed by atoms with van der Waals surface area (Å²) in [6.07, 6.45) is 5.71. The van der Waals surface area contributed by atoms with Crippen molar-refractivity contribution in [2.45, 2.75) is 45.4 Å². The van der Waals surface area contributed by atoms with E-state index in [1.807, 2.05) is 14.1 Å². The van der Waals surface area contributed by atoms with Crippen molar-refractivity contribution in [3.63, 3.8) is 0 Å². The first-order valence-corrected chi connectivity index (χ1v) is 6.91. The molecule has 0 amide bonds. The second-order valence-corrected chi connectivity index (χ2v) is 5.06. The Hall–Kier alpha value is -1.31. The Morgan fingerprint density at radius 1 is 1.06 bits per heavy atom. The fourth-order valence-electron chi connectivity index (χ4n) is 1.94. The smallest absolute Gasteiger partial charge is 0.133 e. The molecule has 0 atom stereocenters. The SMILES string of the molecule is CCCCCC(=O)CCc1ccc(N(C)C)cc1. The molecule has 1 aromatic rings. The molecule has 2 heteroatoms. The summed E-state index contributed by atoms with van der Waals surface area (Å²) in [6, 6.07) is 8.46. The molecule has 0 bridgehead atoms. The van der Waals surface area contributed by atoms with Crippen LogP contribution < -0.4 is 4.90 Å². The van der Waals surface area contributed by atoms with Crippen LogP contribution in [0.1, 0.15) is 44.6 Å². The van der Waals surface area contributed by atoms with Crippen LogP contribution in [0, 0.1) is 0 Å². The summed E-state index contributed by atoms with van der Waals surface area (Å²) in [5.41, 5.74) is 2.46. The molecule has 0 saturated carbocycles. The lowest BCUT2D eigenvalue weighted by molar-refractivity contribution is -0.119. The van der Waals surface area contributed by atoms with Crippen LogP contribution in [0.3, 0.4) is 0 Å². The molecule has 0 aliphatic rings. The Bertz CT molecular complexity index is 354. The normalized spacial score (nSPS) is 10.4. The van der Waals surface area contributed by atoms with Crippen LogP contribution in [0.2, 0.25) is 0 Å². The minimum Gasteiger partial charge on any atom is -0.378 e. The summed E-state index contributed by atoms with van der Waals surface area (Å²) in [5.74, 6) is 0.403. The fraction of sp³-hybridized carbons (Fsp3) is 0.562. The highest BCUT2D eigenvalue weighted by molar-refractivity contribution is 5.78. The molecule has 0 radical (unpaired) electrons. The van der Waals surface area contributed by atoms with Crippen molar-refractivity contribution >= 4 is 11.5 Å². The van der Waals surface area contributed by atoms with E-state index in [9.17, 15) is 4.79 Å². The van der Waals surface area contributed by atoms with Gasteiger partial charge in [0.05, 0.1) is 0 Å². The topological polar surface area (TPSA) is 20.3 Å². The van der Waals surface area contributed by atoms with E-state index in [1.165, 1.54) is 24.1 Å². The predicted octanol–water partition coefficient (Wildman–Crippen LogP) is 3.83. The van der Waals surface area contributed by atoms with E-state index in [2.05, 4.69) is 36.1 Å². The molecule has 0 N–H and O–H groups in total. The van der Waals surface area contributed by atoms with Crippen molar-refractivity contribution in [2.75, 3.05) is 19.0 Å². The zero-order valence-corrected chi connectivity index (χ0v) is 11.9. The Kier molecular flexibility index (Phi) is 6.48. The highest BCUT2D eigenvalue weighted by atomic mass is 16.1. The van der Waals surface area contributed by atoms with Crippen molar-refractivity contribution in [3.8, 4) is 0 Å². The summed E-state index contributed by atoms with van der Waals surface area (Å²) in [7, 11) is 4.07. The van der Waals surface area contributed by atoms with E-state index in [-0.39, 0.29) is 0 Å². The van der Waals surface area contributed by atoms with Crippen molar-refractivity contribution in [1.29, 1.82) is 0 Å². The molecule has 1 rings (SSSR count). The van der Waals surface area contributed by atoms with Gasteiger partial charge in [-0.3, -0.25) is 4.79 Å². The first-order chi connectivity index (χ1) is 8.63. The molecule has 1 aromatic carbocycles.